The number of nitrogens with one attached hydrogen (secondary N) is 1. The monoisotopic (exact) mass is 431 g/mol. The highest BCUT2D eigenvalue weighted by atomic mass is 32.2. The lowest BCUT2D eigenvalue weighted by Crippen LogP contribution is -2.44. The molecule has 2 aliphatic rings. The maximum Gasteiger partial charge on any atom is 0.165 e. The zero-order valence-electron chi connectivity index (χ0n) is 17.1. The van der Waals surface area contributed by atoms with Gasteiger partial charge in [-0.2, -0.15) is 0 Å². The molecular formula is C21H21N9S. The van der Waals surface area contributed by atoms with E-state index in [1.54, 1.807) is 30.5 Å². The molecule has 0 radical (unpaired) electrons. The Bertz CT molecular complexity index is 1260. The summed E-state index contributed by atoms with van der Waals surface area (Å²) in [7, 11) is 2.15. The van der Waals surface area contributed by atoms with Crippen molar-refractivity contribution >= 4 is 40.2 Å². The molecule has 3 aromatic heterocycles. The van der Waals surface area contributed by atoms with E-state index in [4.69, 9.17) is 0 Å². The number of likely N-dealkylation sites (N-methyl/N-ethyl adjacent to an activating group) is 1. The average Bonchev–Trinajstić information content (AvgIpc) is 3.21. The SMILES string of the molecule is CN1CCN(c2ncnc3c2ncn3Cc2ccc3c(c2)Nc2nccnc2S3)CC1. The van der Waals surface area contributed by atoms with Crippen molar-refractivity contribution in [1.29, 1.82) is 0 Å². The fourth-order valence-electron chi connectivity index (χ4n) is 4.01. The molecule has 31 heavy (non-hydrogen) atoms. The Morgan fingerprint density at radius 2 is 1.87 bits per heavy atom. The van der Waals surface area contributed by atoms with Crippen molar-refractivity contribution < 1.29 is 0 Å². The number of piperazine rings is 1. The summed E-state index contributed by atoms with van der Waals surface area (Å²) in [5.41, 5.74) is 3.94. The Balaban J connectivity index is 1.28. The molecule has 156 valence electrons. The lowest BCUT2D eigenvalue weighted by molar-refractivity contribution is 0.312. The van der Waals surface area contributed by atoms with E-state index in [2.05, 4.69) is 69.9 Å². The van der Waals surface area contributed by atoms with E-state index < -0.39 is 0 Å². The molecule has 0 spiro atoms. The first-order valence-electron chi connectivity index (χ1n) is 10.2. The normalized spacial score (nSPS) is 16.1. The third-order valence-electron chi connectivity index (χ3n) is 5.71. The molecule has 6 rings (SSSR count). The first-order valence-corrected chi connectivity index (χ1v) is 11.0. The van der Waals surface area contributed by atoms with Crippen molar-refractivity contribution in [3.8, 4) is 0 Å². The molecule has 1 fully saturated rings. The van der Waals surface area contributed by atoms with E-state index in [-0.39, 0.29) is 0 Å². The van der Waals surface area contributed by atoms with Crippen LogP contribution in [0.2, 0.25) is 0 Å². The van der Waals surface area contributed by atoms with Gasteiger partial charge in [-0.15, -0.1) is 0 Å². The van der Waals surface area contributed by atoms with Gasteiger partial charge in [0.05, 0.1) is 18.6 Å². The van der Waals surface area contributed by atoms with Gasteiger partial charge in [-0.1, -0.05) is 17.8 Å². The summed E-state index contributed by atoms with van der Waals surface area (Å²) in [4.78, 5) is 28.3. The fourth-order valence-corrected chi connectivity index (χ4v) is 4.89. The van der Waals surface area contributed by atoms with Gasteiger partial charge in [-0.3, -0.25) is 0 Å². The summed E-state index contributed by atoms with van der Waals surface area (Å²) in [6.45, 7) is 4.64. The van der Waals surface area contributed by atoms with Crippen molar-refractivity contribution in [2.24, 2.45) is 0 Å². The van der Waals surface area contributed by atoms with E-state index in [0.717, 1.165) is 64.6 Å². The van der Waals surface area contributed by atoms with E-state index in [9.17, 15) is 0 Å². The number of aromatic nitrogens is 6. The summed E-state index contributed by atoms with van der Waals surface area (Å²) >= 11 is 1.63. The van der Waals surface area contributed by atoms with Crippen LogP contribution < -0.4 is 10.2 Å². The molecule has 9 nitrogen and oxygen atoms in total. The fraction of sp³-hybridized carbons (Fsp3) is 0.286. The molecule has 4 aromatic rings. The zero-order chi connectivity index (χ0) is 20.8. The highest BCUT2D eigenvalue weighted by molar-refractivity contribution is 7.99. The molecule has 5 heterocycles. The van der Waals surface area contributed by atoms with Crippen LogP contribution in [0.1, 0.15) is 5.56 Å². The predicted octanol–water partition coefficient (Wildman–Crippen LogP) is 2.62. The highest BCUT2D eigenvalue weighted by Crippen LogP contribution is 2.42. The summed E-state index contributed by atoms with van der Waals surface area (Å²) in [5, 5.41) is 4.30. The van der Waals surface area contributed by atoms with Crippen LogP contribution in [0.4, 0.5) is 17.3 Å². The minimum atomic E-state index is 0.683. The molecule has 0 amide bonds. The Labute approximate surface area is 183 Å². The summed E-state index contributed by atoms with van der Waals surface area (Å²) in [5.74, 6) is 1.73. The van der Waals surface area contributed by atoms with E-state index in [0.29, 0.717) is 6.54 Å². The van der Waals surface area contributed by atoms with Gasteiger partial charge >= 0.3 is 0 Å². The molecule has 0 aliphatic carbocycles. The van der Waals surface area contributed by atoms with Gasteiger partial charge in [0, 0.05) is 43.5 Å². The minimum Gasteiger partial charge on any atom is -0.352 e. The molecule has 0 bridgehead atoms. The van der Waals surface area contributed by atoms with Gasteiger partial charge in [0.2, 0.25) is 0 Å². The smallest absolute Gasteiger partial charge is 0.165 e. The molecule has 1 saturated heterocycles. The van der Waals surface area contributed by atoms with Crippen LogP contribution in [0.25, 0.3) is 11.2 Å². The lowest BCUT2D eigenvalue weighted by atomic mass is 10.2. The van der Waals surface area contributed by atoms with Crippen LogP contribution in [0.3, 0.4) is 0 Å². The van der Waals surface area contributed by atoms with Crippen LogP contribution in [0.15, 0.2) is 53.2 Å². The molecule has 10 heteroatoms. The number of hydrogen-bond acceptors (Lipinski definition) is 9. The Morgan fingerprint density at radius 3 is 2.77 bits per heavy atom. The van der Waals surface area contributed by atoms with Crippen LogP contribution in [-0.2, 0) is 6.54 Å². The maximum atomic E-state index is 4.67. The second-order valence-electron chi connectivity index (χ2n) is 7.80. The number of fused-ring (bicyclic) bond motifs is 3. The van der Waals surface area contributed by atoms with Crippen molar-refractivity contribution in [2.75, 3.05) is 43.4 Å². The van der Waals surface area contributed by atoms with Gasteiger partial charge < -0.3 is 19.7 Å². The van der Waals surface area contributed by atoms with Crippen molar-refractivity contribution in [3.05, 3.63) is 48.8 Å². The third kappa shape index (κ3) is 3.37. The molecule has 2 aliphatic heterocycles. The van der Waals surface area contributed by atoms with Gasteiger partial charge in [0.15, 0.2) is 22.8 Å². The summed E-state index contributed by atoms with van der Waals surface area (Å²) in [6.07, 6.45) is 6.93. The van der Waals surface area contributed by atoms with E-state index in [1.165, 1.54) is 5.56 Å². The highest BCUT2D eigenvalue weighted by Gasteiger charge is 2.21. The largest absolute Gasteiger partial charge is 0.352 e. The van der Waals surface area contributed by atoms with Crippen LogP contribution in [0, 0.1) is 0 Å². The molecule has 0 saturated carbocycles. The number of anilines is 3. The number of rotatable bonds is 3. The first-order chi connectivity index (χ1) is 15.2. The predicted molar refractivity (Wildman–Crippen MR) is 120 cm³/mol. The van der Waals surface area contributed by atoms with Crippen LogP contribution >= 0.6 is 11.8 Å². The van der Waals surface area contributed by atoms with Gasteiger partial charge in [-0.25, -0.2) is 24.9 Å². The second-order valence-corrected chi connectivity index (χ2v) is 8.83. The summed E-state index contributed by atoms with van der Waals surface area (Å²) in [6, 6.07) is 6.43. The molecule has 0 unspecified atom stereocenters. The zero-order valence-corrected chi connectivity index (χ0v) is 17.9. The molecule has 0 atom stereocenters. The van der Waals surface area contributed by atoms with Gasteiger partial charge in [-0.05, 0) is 24.7 Å². The summed E-state index contributed by atoms with van der Waals surface area (Å²) < 4.78 is 2.09. The number of hydrogen-bond donors (Lipinski definition) is 1. The number of benzene rings is 1. The molecule has 1 aromatic carbocycles. The molecule has 1 N–H and O–H groups in total. The van der Waals surface area contributed by atoms with Gasteiger partial charge in [0.25, 0.3) is 0 Å². The Hall–Kier alpha value is -3.24. The van der Waals surface area contributed by atoms with Crippen LogP contribution in [0.5, 0.6) is 0 Å². The van der Waals surface area contributed by atoms with Crippen molar-refractivity contribution in [3.63, 3.8) is 0 Å². The van der Waals surface area contributed by atoms with Crippen molar-refractivity contribution in [1.82, 2.24) is 34.4 Å². The Kier molecular flexibility index (Phi) is 4.46. The Morgan fingerprint density at radius 1 is 1.00 bits per heavy atom. The van der Waals surface area contributed by atoms with E-state index >= 15 is 0 Å². The quantitative estimate of drug-likeness (QED) is 0.463. The van der Waals surface area contributed by atoms with Gasteiger partial charge in [0.1, 0.15) is 11.4 Å². The maximum absolute atomic E-state index is 4.67. The lowest BCUT2D eigenvalue weighted by Gasteiger charge is -2.33. The van der Waals surface area contributed by atoms with Crippen LogP contribution in [-0.4, -0.2) is 67.6 Å². The second kappa shape index (κ2) is 7.47. The van der Waals surface area contributed by atoms with Crippen molar-refractivity contribution in [2.45, 2.75) is 16.5 Å². The first kappa shape index (κ1) is 18.5. The standard InChI is InChI=1S/C21H21N9S/c1-28-6-8-29(9-7-28)19-17-20(25-12-24-19)30(13-26-17)11-14-2-3-16-15(10-14)27-18-21(31-16)23-5-4-22-18/h2-5,10,12-13H,6-9,11H2,1H3,(H,22,27). The topological polar surface area (TPSA) is 87.9 Å². The number of nitrogens with zero attached hydrogens (tertiary/aromatic N) is 8. The third-order valence-corrected chi connectivity index (χ3v) is 6.77. The molecular weight excluding hydrogens is 410 g/mol. The number of imidazole rings is 1. The minimum absolute atomic E-state index is 0.683. The van der Waals surface area contributed by atoms with E-state index in [1.807, 2.05) is 6.33 Å². The average molecular weight is 432 g/mol.